The van der Waals surface area contributed by atoms with Gasteiger partial charge in [0.15, 0.2) is 6.29 Å². The van der Waals surface area contributed by atoms with Crippen molar-refractivity contribution in [1.29, 1.82) is 0 Å². The van der Waals surface area contributed by atoms with Crippen molar-refractivity contribution in [3.05, 3.63) is 41.5 Å². The largest absolute Gasteiger partial charge is 0.497 e. The second kappa shape index (κ2) is 8.35. The summed E-state index contributed by atoms with van der Waals surface area (Å²) in [5, 5.41) is 0. The fourth-order valence-electron chi connectivity index (χ4n) is 2.59. The highest BCUT2D eigenvalue weighted by atomic mass is 16.7. The van der Waals surface area contributed by atoms with Gasteiger partial charge in [0, 0.05) is 6.42 Å². The van der Waals surface area contributed by atoms with Crippen molar-refractivity contribution < 1.29 is 14.2 Å². The lowest BCUT2D eigenvalue weighted by Gasteiger charge is -2.10. The highest BCUT2D eigenvalue weighted by Gasteiger charge is 2.28. The average Bonchev–Trinajstić information content (AvgIpc) is 2.84. The normalized spacial score (nSPS) is 23.0. The van der Waals surface area contributed by atoms with E-state index in [2.05, 4.69) is 39.0 Å². The minimum absolute atomic E-state index is 0.0325. The quantitative estimate of drug-likeness (QED) is 0.694. The fraction of sp³-hybridized carbons (Fsp3) is 0.579. The lowest BCUT2D eigenvalue weighted by molar-refractivity contribution is -0.0664. The molecule has 0 aromatic heterocycles. The van der Waals surface area contributed by atoms with E-state index >= 15 is 0 Å². The Morgan fingerprint density at radius 2 is 1.77 bits per heavy atom. The lowest BCUT2D eigenvalue weighted by Crippen LogP contribution is -2.13. The third-order valence-electron chi connectivity index (χ3n) is 4.25. The SMILES string of the molecule is COc1ccc(CC/C=C(\C)CCC2O[C@H](C)[C@@H](C)O2)cc1. The topological polar surface area (TPSA) is 27.7 Å². The van der Waals surface area contributed by atoms with Crippen LogP contribution in [-0.2, 0) is 15.9 Å². The molecule has 0 bridgehead atoms. The molecule has 1 aliphatic heterocycles. The Labute approximate surface area is 134 Å². The lowest BCUT2D eigenvalue weighted by atomic mass is 10.1. The zero-order valence-corrected chi connectivity index (χ0v) is 14.2. The Hall–Kier alpha value is -1.32. The molecule has 2 atom stereocenters. The van der Waals surface area contributed by atoms with Gasteiger partial charge >= 0.3 is 0 Å². The van der Waals surface area contributed by atoms with E-state index in [0.29, 0.717) is 0 Å². The van der Waals surface area contributed by atoms with E-state index in [-0.39, 0.29) is 18.5 Å². The van der Waals surface area contributed by atoms with Gasteiger partial charge in [0.25, 0.3) is 0 Å². The number of hydrogen-bond acceptors (Lipinski definition) is 3. The fourth-order valence-corrected chi connectivity index (χ4v) is 2.59. The summed E-state index contributed by atoms with van der Waals surface area (Å²) >= 11 is 0. The van der Waals surface area contributed by atoms with E-state index in [1.807, 2.05) is 12.1 Å². The van der Waals surface area contributed by atoms with Crippen LogP contribution in [0.5, 0.6) is 5.75 Å². The summed E-state index contributed by atoms with van der Waals surface area (Å²) in [6.07, 6.45) is 6.82. The van der Waals surface area contributed by atoms with Crippen LogP contribution in [-0.4, -0.2) is 25.6 Å². The molecule has 1 saturated heterocycles. The highest BCUT2D eigenvalue weighted by Crippen LogP contribution is 2.23. The zero-order valence-electron chi connectivity index (χ0n) is 14.2. The van der Waals surface area contributed by atoms with Gasteiger partial charge in [0.1, 0.15) is 5.75 Å². The molecule has 1 heterocycles. The van der Waals surface area contributed by atoms with Gasteiger partial charge in [0.05, 0.1) is 19.3 Å². The molecule has 0 spiro atoms. The van der Waals surface area contributed by atoms with Crippen LogP contribution >= 0.6 is 0 Å². The van der Waals surface area contributed by atoms with Crippen molar-refractivity contribution in [1.82, 2.24) is 0 Å². The standard InChI is InChI=1S/C19H28O3/c1-14(8-13-19-21-15(2)16(3)22-19)6-5-7-17-9-11-18(20-4)12-10-17/h6,9-12,15-16,19H,5,7-8,13H2,1-4H3/b14-6+/t15-,16-/m1/s1. The summed E-state index contributed by atoms with van der Waals surface area (Å²) < 4.78 is 16.7. The predicted molar refractivity (Wildman–Crippen MR) is 89.2 cm³/mol. The summed E-state index contributed by atoms with van der Waals surface area (Å²) in [5.74, 6) is 0.912. The number of hydrogen-bond donors (Lipinski definition) is 0. The van der Waals surface area contributed by atoms with Crippen LogP contribution in [0.15, 0.2) is 35.9 Å². The number of aryl methyl sites for hydroxylation is 1. The van der Waals surface area contributed by atoms with Crippen molar-refractivity contribution in [3.8, 4) is 5.75 Å². The maximum atomic E-state index is 5.76. The van der Waals surface area contributed by atoms with Crippen LogP contribution in [0.3, 0.4) is 0 Å². The summed E-state index contributed by atoms with van der Waals surface area (Å²) in [7, 11) is 1.69. The van der Waals surface area contributed by atoms with Crippen LogP contribution in [0.1, 0.15) is 45.6 Å². The first-order valence-electron chi connectivity index (χ1n) is 8.18. The first-order valence-corrected chi connectivity index (χ1v) is 8.18. The molecule has 3 heteroatoms. The monoisotopic (exact) mass is 304 g/mol. The van der Waals surface area contributed by atoms with Crippen LogP contribution in [0.4, 0.5) is 0 Å². The third kappa shape index (κ3) is 5.15. The molecular weight excluding hydrogens is 276 g/mol. The van der Waals surface area contributed by atoms with Crippen molar-refractivity contribution >= 4 is 0 Å². The third-order valence-corrected chi connectivity index (χ3v) is 4.25. The molecule has 3 nitrogen and oxygen atoms in total. The van der Waals surface area contributed by atoms with Crippen LogP contribution < -0.4 is 4.74 Å². The van der Waals surface area contributed by atoms with E-state index in [9.17, 15) is 0 Å². The molecule has 2 rings (SSSR count). The Kier molecular flexibility index (Phi) is 6.47. The maximum absolute atomic E-state index is 5.76. The second-order valence-corrected chi connectivity index (χ2v) is 6.09. The van der Waals surface area contributed by atoms with Crippen LogP contribution in [0.25, 0.3) is 0 Å². The molecule has 1 aromatic carbocycles. The van der Waals surface area contributed by atoms with Crippen LogP contribution in [0, 0.1) is 0 Å². The van der Waals surface area contributed by atoms with Crippen molar-refractivity contribution in [2.24, 2.45) is 0 Å². The van der Waals surface area contributed by atoms with Crippen molar-refractivity contribution in [2.45, 2.75) is 65.0 Å². The number of ether oxygens (including phenoxy) is 3. The number of rotatable bonds is 7. The van der Waals surface area contributed by atoms with Gasteiger partial charge in [-0.2, -0.15) is 0 Å². The molecule has 0 aliphatic carbocycles. The van der Waals surface area contributed by atoms with Gasteiger partial charge in [-0.1, -0.05) is 23.8 Å². The summed E-state index contributed by atoms with van der Waals surface area (Å²) in [5.41, 5.74) is 2.75. The van der Waals surface area contributed by atoms with Gasteiger partial charge in [-0.25, -0.2) is 0 Å². The predicted octanol–water partition coefficient (Wildman–Crippen LogP) is 4.50. The molecular formula is C19H28O3. The van der Waals surface area contributed by atoms with E-state index in [0.717, 1.165) is 31.4 Å². The second-order valence-electron chi connectivity index (χ2n) is 6.09. The Morgan fingerprint density at radius 3 is 2.36 bits per heavy atom. The van der Waals surface area contributed by atoms with Crippen molar-refractivity contribution in [3.63, 3.8) is 0 Å². The van der Waals surface area contributed by atoms with E-state index < -0.39 is 0 Å². The molecule has 0 amide bonds. The van der Waals surface area contributed by atoms with Crippen molar-refractivity contribution in [2.75, 3.05) is 7.11 Å². The minimum atomic E-state index is -0.0325. The van der Waals surface area contributed by atoms with E-state index in [1.54, 1.807) is 7.11 Å². The number of methoxy groups -OCH3 is 1. The molecule has 1 aromatic rings. The highest BCUT2D eigenvalue weighted by molar-refractivity contribution is 5.27. The average molecular weight is 304 g/mol. The molecule has 1 aliphatic rings. The first-order chi connectivity index (χ1) is 10.6. The van der Waals surface area contributed by atoms with E-state index in [1.165, 1.54) is 11.1 Å². The summed E-state index contributed by atoms with van der Waals surface area (Å²) in [6.45, 7) is 6.33. The van der Waals surface area contributed by atoms with E-state index in [4.69, 9.17) is 14.2 Å². The van der Waals surface area contributed by atoms with Crippen LogP contribution in [0.2, 0.25) is 0 Å². The minimum Gasteiger partial charge on any atom is -0.497 e. The molecule has 0 radical (unpaired) electrons. The Bertz CT molecular complexity index is 468. The smallest absolute Gasteiger partial charge is 0.158 e. The zero-order chi connectivity index (χ0) is 15.9. The number of allylic oxidation sites excluding steroid dienone is 2. The molecule has 0 unspecified atom stereocenters. The molecule has 22 heavy (non-hydrogen) atoms. The number of benzene rings is 1. The molecule has 122 valence electrons. The molecule has 0 saturated carbocycles. The van der Waals surface area contributed by atoms with Gasteiger partial charge in [0.2, 0.25) is 0 Å². The van der Waals surface area contributed by atoms with Gasteiger partial charge in [-0.15, -0.1) is 0 Å². The molecule has 1 fully saturated rings. The van der Waals surface area contributed by atoms with Gasteiger partial charge in [-0.05, 0) is 57.7 Å². The maximum Gasteiger partial charge on any atom is 0.158 e. The van der Waals surface area contributed by atoms with Gasteiger partial charge < -0.3 is 14.2 Å². The summed E-state index contributed by atoms with van der Waals surface area (Å²) in [4.78, 5) is 0. The van der Waals surface area contributed by atoms with Gasteiger partial charge in [-0.3, -0.25) is 0 Å². The Morgan fingerprint density at radius 1 is 1.14 bits per heavy atom. The summed E-state index contributed by atoms with van der Waals surface area (Å²) in [6, 6.07) is 8.29. The molecule has 0 N–H and O–H groups in total. The Balaban J connectivity index is 1.68. The first kappa shape index (κ1) is 17.0.